The van der Waals surface area contributed by atoms with E-state index in [1.807, 2.05) is 34.9 Å². The van der Waals surface area contributed by atoms with Crippen LogP contribution in [0, 0.1) is 0 Å². The smallest absolute Gasteiger partial charge is 0.212 e. The summed E-state index contributed by atoms with van der Waals surface area (Å²) in [6.07, 6.45) is 8.97. The molecule has 0 spiro atoms. The van der Waals surface area contributed by atoms with Crippen molar-refractivity contribution in [3.05, 3.63) is 55.2 Å². The molecular formula is C18H15N5O2. The highest BCUT2D eigenvalue weighted by Gasteiger charge is 2.09. The van der Waals surface area contributed by atoms with Gasteiger partial charge in [0, 0.05) is 41.9 Å². The molecule has 0 atom stereocenters. The number of pyridine rings is 2. The van der Waals surface area contributed by atoms with Gasteiger partial charge in [0.05, 0.1) is 38.0 Å². The largest absolute Gasteiger partial charge is 0.481 e. The second-order valence-electron chi connectivity index (χ2n) is 5.32. The molecule has 7 nitrogen and oxygen atoms in total. The van der Waals surface area contributed by atoms with E-state index < -0.39 is 0 Å². The first-order chi connectivity index (χ1) is 12.3. The Morgan fingerprint density at radius 1 is 0.720 bits per heavy atom. The Labute approximate surface area is 143 Å². The van der Waals surface area contributed by atoms with Crippen molar-refractivity contribution in [1.82, 2.24) is 24.3 Å². The Morgan fingerprint density at radius 3 is 2.00 bits per heavy atom. The molecule has 0 saturated carbocycles. The highest BCUT2D eigenvalue weighted by molar-refractivity contribution is 5.65. The van der Waals surface area contributed by atoms with Crippen molar-refractivity contribution < 1.29 is 9.47 Å². The van der Waals surface area contributed by atoms with E-state index in [1.165, 1.54) is 0 Å². The summed E-state index contributed by atoms with van der Waals surface area (Å²) in [5.74, 6) is 1.14. The van der Waals surface area contributed by atoms with Crippen LogP contribution in [-0.2, 0) is 0 Å². The van der Waals surface area contributed by atoms with Gasteiger partial charge < -0.3 is 9.47 Å². The lowest BCUT2D eigenvalue weighted by Gasteiger charge is -2.06. The molecule has 0 bridgehead atoms. The minimum Gasteiger partial charge on any atom is -0.481 e. The van der Waals surface area contributed by atoms with Crippen LogP contribution in [0.3, 0.4) is 0 Å². The van der Waals surface area contributed by atoms with Crippen molar-refractivity contribution in [1.29, 1.82) is 0 Å². The summed E-state index contributed by atoms with van der Waals surface area (Å²) in [5.41, 5.74) is 4.32. The lowest BCUT2D eigenvalue weighted by Crippen LogP contribution is -1.94. The number of hydrogen-bond acceptors (Lipinski definition) is 6. The number of rotatable bonds is 4. The van der Waals surface area contributed by atoms with Gasteiger partial charge in [-0.2, -0.15) is 0 Å². The molecule has 0 saturated heterocycles. The maximum absolute atomic E-state index is 5.11. The van der Waals surface area contributed by atoms with Crippen molar-refractivity contribution in [2.45, 2.75) is 0 Å². The molecule has 0 amide bonds. The fourth-order valence-corrected chi connectivity index (χ4v) is 2.56. The fourth-order valence-electron chi connectivity index (χ4n) is 2.56. The van der Waals surface area contributed by atoms with Gasteiger partial charge in [-0.25, -0.2) is 15.0 Å². The maximum atomic E-state index is 5.11. The van der Waals surface area contributed by atoms with Crippen molar-refractivity contribution in [2.75, 3.05) is 14.2 Å². The molecule has 4 rings (SSSR count). The molecule has 0 fully saturated rings. The SMILES string of the molecule is COc1ccc(-c2cn3c(-c4ccc(OC)nc4)cnc3cn2)cn1. The molecule has 0 aromatic carbocycles. The monoisotopic (exact) mass is 333 g/mol. The third kappa shape index (κ3) is 2.76. The fraction of sp³-hybridized carbons (Fsp3) is 0.111. The first-order valence-electron chi connectivity index (χ1n) is 7.62. The summed E-state index contributed by atoms with van der Waals surface area (Å²) in [4.78, 5) is 17.4. The maximum Gasteiger partial charge on any atom is 0.212 e. The van der Waals surface area contributed by atoms with Crippen molar-refractivity contribution in [3.8, 4) is 34.3 Å². The zero-order chi connectivity index (χ0) is 17.2. The highest BCUT2D eigenvalue weighted by Crippen LogP contribution is 2.24. The van der Waals surface area contributed by atoms with E-state index in [9.17, 15) is 0 Å². The van der Waals surface area contributed by atoms with Crippen molar-refractivity contribution >= 4 is 5.65 Å². The molecule has 0 aliphatic carbocycles. The van der Waals surface area contributed by atoms with Gasteiger partial charge in [-0.3, -0.25) is 9.38 Å². The topological polar surface area (TPSA) is 74.4 Å². The van der Waals surface area contributed by atoms with E-state index in [0.717, 1.165) is 28.2 Å². The van der Waals surface area contributed by atoms with Gasteiger partial charge in [0.2, 0.25) is 11.8 Å². The van der Waals surface area contributed by atoms with Crippen LogP contribution >= 0.6 is 0 Å². The Hall–Kier alpha value is -3.48. The molecule has 0 aliphatic rings. The minimum atomic E-state index is 0.567. The lowest BCUT2D eigenvalue weighted by molar-refractivity contribution is 0.398. The second-order valence-corrected chi connectivity index (χ2v) is 5.32. The standard InChI is InChI=1S/C18H15N5O2/c1-24-17-5-3-12(7-21-17)14-11-23-15(9-20-16(23)10-19-14)13-4-6-18(25-2)22-8-13/h3-11H,1-2H3. The van der Waals surface area contributed by atoms with E-state index in [1.54, 1.807) is 39.0 Å². The molecule has 0 aliphatic heterocycles. The quantitative estimate of drug-likeness (QED) is 0.572. The van der Waals surface area contributed by atoms with Crippen LogP contribution in [0.2, 0.25) is 0 Å². The number of fused-ring (bicyclic) bond motifs is 1. The minimum absolute atomic E-state index is 0.567. The number of imidazole rings is 1. The van der Waals surface area contributed by atoms with Crippen molar-refractivity contribution in [2.24, 2.45) is 0 Å². The van der Waals surface area contributed by atoms with Crippen LogP contribution in [0.25, 0.3) is 28.2 Å². The summed E-state index contributed by atoms with van der Waals surface area (Å²) in [7, 11) is 3.18. The number of ether oxygens (including phenoxy) is 2. The molecule has 0 radical (unpaired) electrons. The van der Waals surface area contributed by atoms with E-state index >= 15 is 0 Å². The zero-order valence-corrected chi connectivity index (χ0v) is 13.7. The predicted molar refractivity (Wildman–Crippen MR) is 92.6 cm³/mol. The van der Waals surface area contributed by atoms with Gasteiger partial charge in [0.25, 0.3) is 0 Å². The van der Waals surface area contributed by atoms with Gasteiger partial charge in [-0.1, -0.05) is 0 Å². The number of nitrogens with zero attached hydrogens (tertiary/aromatic N) is 5. The Balaban J connectivity index is 1.78. The number of hydrogen-bond donors (Lipinski definition) is 0. The van der Waals surface area contributed by atoms with Crippen LogP contribution in [0.5, 0.6) is 11.8 Å². The molecule has 124 valence electrons. The molecule has 7 heteroatoms. The summed E-state index contributed by atoms with van der Waals surface area (Å²) < 4.78 is 12.2. The summed E-state index contributed by atoms with van der Waals surface area (Å²) in [6, 6.07) is 7.50. The summed E-state index contributed by atoms with van der Waals surface area (Å²) >= 11 is 0. The Kier molecular flexibility index (Phi) is 3.74. The van der Waals surface area contributed by atoms with Crippen LogP contribution in [0.15, 0.2) is 55.2 Å². The molecule has 0 N–H and O–H groups in total. The average Bonchev–Trinajstić information content (AvgIpc) is 3.11. The van der Waals surface area contributed by atoms with Crippen LogP contribution in [0.4, 0.5) is 0 Å². The van der Waals surface area contributed by atoms with Crippen molar-refractivity contribution in [3.63, 3.8) is 0 Å². The first-order valence-corrected chi connectivity index (χ1v) is 7.62. The molecule has 4 aromatic rings. The molecular weight excluding hydrogens is 318 g/mol. The van der Waals surface area contributed by atoms with E-state index in [2.05, 4.69) is 19.9 Å². The Bertz CT molecular complexity index is 1010. The van der Waals surface area contributed by atoms with Gasteiger partial charge in [0.15, 0.2) is 5.65 Å². The third-order valence-electron chi connectivity index (χ3n) is 3.88. The van der Waals surface area contributed by atoms with Gasteiger partial charge in [-0.15, -0.1) is 0 Å². The van der Waals surface area contributed by atoms with Gasteiger partial charge in [0.1, 0.15) is 0 Å². The normalized spacial score (nSPS) is 10.8. The van der Waals surface area contributed by atoms with E-state index in [4.69, 9.17) is 9.47 Å². The predicted octanol–water partition coefficient (Wildman–Crippen LogP) is 2.87. The average molecular weight is 333 g/mol. The Morgan fingerprint density at radius 2 is 1.40 bits per heavy atom. The van der Waals surface area contributed by atoms with Gasteiger partial charge >= 0.3 is 0 Å². The molecule has 0 unspecified atom stereocenters. The second kappa shape index (κ2) is 6.20. The summed E-state index contributed by atoms with van der Waals surface area (Å²) in [6.45, 7) is 0. The molecule has 4 aromatic heterocycles. The number of aromatic nitrogens is 5. The number of methoxy groups -OCH3 is 2. The summed E-state index contributed by atoms with van der Waals surface area (Å²) in [5, 5.41) is 0. The van der Waals surface area contributed by atoms with Crippen LogP contribution < -0.4 is 9.47 Å². The van der Waals surface area contributed by atoms with Gasteiger partial charge in [-0.05, 0) is 12.1 Å². The zero-order valence-electron chi connectivity index (χ0n) is 13.7. The highest BCUT2D eigenvalue weighted by atomic mass is 16.5. The third-order valence-corrected chi connectivity index (χ3v) is 3.88. The van der Waals surface area contributed by atoms with E-state index in [0.29, 0.717) is 11.8 Å². The molecule has 25 heavy (non-hydrogen) atoms. The lowest BCUT2D eigenvalue weighted by atomic mass is 10.2. The van der Waals surface area contributed by atoms with E-state index in [-0.39, 0.29) is 0 Å². The first kappa shape index (κ1) is 15.1. The van der Waals surface area contributed by atoms with Crippen LogP contribution in [-0.4, -0.2) is 38.6 Å². The molecule has 4 heterocycles. The van der Waals surface area contributed by atoms with Crippen LogP contribution in [0.1, 0.15) is 0 Å².